The molecule has 0 aliphatic rings. The lowest BCUT2D eigenvalue weighted by atomic mass is 10.0. The van der Waals surface area contributed by atoms with Gasteiger partial charge in [-0.25, -0.2) is 9.78 Å². The maximum atomic E-state index is 12.8. The molecule has 0 radical (unpaired) electrons. The SMILES string of the molecule is CCCOCCc1cccc(-c2csc(NC(=O)c3cc(Cl)c(C=C(C)C(=O)O)c(Cl)c3)n2)c1OC. The molecule has 10 heteroatoms. The number of nitrogens with one attached hydrogen (secondary N) is 1. The number of rotatable bonds is 11. The van der Waals surface area contributed by atoms with E-state index in [1.165, 1.54) is 36.5 Å². The number of carbonyl (C=O) groups is 2. The molecule has 7 nitrogen and oxygen atoms in total. The minimum atomic E-state index is -1.09. The maximum Gasteiger partial charge on any atom is 0.331 e. The Balaban J connectivity index is 1.79. The summed E-state index contributed by atoms with van der Waals surface area (Å²) in [5.74, 6) is -0.811. The summed E-state index contributed by atoms with van der Waals surface area (Å²) >= 11 is 13.8. The molecule has 2 N–H and O–H groups in total. The Bertz CT molecular complexity index is 1270. The van der Waals surface area contributed by atoms with Crippen LogP contribution in [-0.4, -0.2) is 42.3 Å². The first-order valence-electron chi connectivity index (χ1n) is 11.2. The molecule has 0 saturated carbocycles. The zero-order chi connectivity index (χ0) is 26.2. The molecule has 3 aromatic rings. The third kappa shape index (κ3) is 6.85. The molecule has 0 aliphatic carbocycles. The Labute approximate surface area is 223 Å². The van der Waals surface area contributed by atoms with Gasteiger partial charge in [0.1, 0.15) is 5.75 Å². The van der Waals surface area contributed by atoms with Crippen molar-refractivity contribution in [2.45, 2.75) is 26.7 Å². The average Bonchev–Trinajstić information content (AvgIpc) is 3.31. The molecule has 1 aromatic heterocycles. The van der Waals surface area contributed by atoms with E-state index in [0.717, 1.165) is 29.9 Å². The minimum Gasteiger partial charge on any atom is -0.496 e. The van der Waals surface area contributed by atoms with Crippen LogP contribution in [0.3, 0.4) is 0 Å². The van der Waals surface area contributed by atoms with Crippen molar-refractivity contribution < 1.29 is 24.2 Å². The smallest absolute Gasteiger partial charge is 0.331 e. The van der Waals surface area contributed by atoms with Gasteiger partial charge in [0.2, 0.25) is 0 Å². The van der Waals surface area contributed by atoms with Gasteiger partial charge in [0.05, 0.1) is 29.5 Å². The zero-order valence-electron chi connectivity index (χ0n) is 20.1. The Hall–Kier alpha value is -2.91. The number of halogens is 2. The summed E-state index contributed by atoms with van der Waals surface area (Å²) in [5.41, 5.74) is 3.12. The number of carboxylic acid groups (broad SMARTS) is 1. The molecule has 0 fully saturated rings. The van der Waals surface area contributed by atoms with Gasteiger partial charge in [-0.15, -0.1) is 11.3 Å². The van der Waals surface area contributed by atoms with Crippen LogP contribution in [0.5, 0.6) is 5.75 Å². The van der Waals surface area contributed by atoms with Crippen molar-refractivity contribution in [3.8, 4) is 17.0 Å². The van der Waals surface area contributed by atoms with E-state index in [1.807, 2.05) is 23.6 Å². The monoisotopic (exact) mass is 548 g/mol. The van der Waals surface area contributed by atoms with Gasteiger partial charge in [-0.2, -0.15) is 0 Å². The number of carbonyl (C=O) groups excluding carboxylic acids is 1. The Morgan fingerprint density at radius 3 is 2.56 bits per heavy atom. The molecule has 1 heterocycles. The molecule has 1 amide bonds. The second-order valence-electron chi connectivity index (χ2n) is 7.84. The highest BCUT2D eigenvalue weighted by Crippen LogP contribution is 2.35. The largest absolute Gasteiger partial charge is 0.496 e. The normalized spacial score (nSPS) is 11.4. The molecule has 0 unspecified atom stereocenters. The number of para-hydroxylation sites is 1. The molecule has 36 heavy (non-hydrogen) atoms. The predicted molar refractivity (Wildman–Crippen MR) is 145 cm³/mol. The standard InChI is InChI=1S/C26H26Cl2N2O5S/c1-4-9-35-10-8-16-6-5-7-18(23(16)34-3)22-14-36-26(29-22)30-24(31)17-12-20(27)19(21(28)13-17)11-15(2)25(32)33/h5-7,11-14H,4,8-10H2,1-3H3,(H,32,33)(H,29,30,31). The van der Waals surface area contributed by atoms with Crippen molar-refractivity contribution in [1.82, 2.24) is 4.98 Å². The van der Waals surface area contributed by atoms with Crippen molar-refractivity contribution in [2.24, 2.45) is 0 Å². The topological polar surface area (TPSA) is 97.8 Å². The van der Waals surface area contributed by atoms with Crippen molar-refractivity contribution in [3.63, 3.8) is 0 Å². The fraction of sp³-hybridized carbons (Fsp3) is 0.269. The number of carboxylic acids is 1. The van der Waals surface area contributed by atoms with Crippen LogP contribution in [0, 0.1) is 0 Å². The maximum absolute atomic E-state index is 12.8. The average molecular weight is 549 g/mol. The van der Waals surface area contributed by atoms with Gasteiger partial charge < -0.3 is 14.6 Å². The minimum absolute atomic E-state index is 0.0688. The van der Waals surface area contributed by atoms with Crippen LogP contribution in [0.2, 0.25) is 10.0 Å². The summed E-state index contributed by atoms with van der Waals surface area (Å²) in [5, 5.41) is 14.4. The van der Waals surface area contributed by atoms with Crippen LogP contribution in [-0.2, 0) is 16.0 Å². The molecule has 0 atom stereocenters. The first kappa shape index (κ1) is 27.7. The molecule has 2 aromatic carbocycles. The number of thiazole rings is 1. The quantitative estimate of drug-likeness (QED) is 0.201. The number of amides is 1. The Morgan fingerprint density at radius 1 is 1.19 bits per heavy atom. The van der Waals surface area contributed by atoms with E-state index in [9.17, 15) is 9.59 Å². The van der Waals surface area contributed by atoms with Gasteiger partial charge in [0.25, 0.3) is 5.91 Å². The third-order valence-electron chi connectivity index (χ3n) is 5.20. The first-order valence-corrected chi connectivity index (χ1v) is 12.8. The third-order valence-corrected chi connectivity index (χ3v) is 6.59. The van der Waals surface area contributed by atoms with E-state index in [0.29, 0.717) is 29.4 Å². The number of hydrogen-bond acceptors (Lipinski definition) is 6. The van der Waals surface area contributed by atoms with Gasteiger partial charge in [0, 0.05) is 34.3 Å². The van der Waals surface area contributed by atoms with E-state index in [4.69, 9.17) is 37.8 Å². The van der Waals surface area contributed by atoms with Gasteiger partial charge in [-0.05, 0) is 49.6 Å². The molecule has 190 valence electrons. The van der Waals surface area contributed by atoms with Crippen LogP contribution in [0.4, 0.5) is 5.13 Å². The second kappa shape index (κ2) is 12.9. The lowest BCUT2D eigenvalue weighted by molar-refractivity contribution is -0.132. The first-order chi connectivity index (χ1) is 17.2. The van der Waals surface area contributed by atoms with Crippen LogP contribution in [0.25, 0.3) is 17.3 Å². The van der Waals surface area contributed by atoms with Crippen molar-refractivity contribution in [2.75, 3.05) is 25.6 Å². The summed E-state index contributed by atoms with van der Waals surface area (Å²) < 4.78 is 11.3. The van der Waals surface area contributed by atoms with Crippen LogP contribution < -0.4 is 10.1 Å². The van der Waals surface area contributed by atoms with Crippen molar-refractivity contribution in [1.29, 1.82) is 0 Å². The molecular weight excluding hydrogens is 523 g/mol. The van der Waals surface area contributed by atoms with Gasteiger partial charge in [0.15, 0.2) is 5.13 Å². The summed E-state index contributed by atoms with van der Waals surface area (Å²) in [4.78, 5) is 28.5. The zero-order valence-corrected chi connectivity index (χ0v) is 22.4. The number of methoxy groups -OCH3 is 1. The van der Waals surface area contributed by atoms with Gasteiger partial charge in [-0.1, -0.05) is 42.3 Å². The lowest BCUT2D eigenvalue weighted by Gasteiger charge is -2.12. The number of aromatic nitrogens is 1. The van der Waals surface area contributed by atoms with Crippen LogP contribution >= 0.6 is 34.5 Å². The number of aliphatic carboxylic acids is 1. The summed E-state index contributed by atoms with van der Waals surface area (Å²) in [6.45, 7) is 4.82. The molecular formula is C26H26Cl2N2O5S. The summed E-state index contributed by atoms with van der Waals surface area (Å²) in [6.07, 6.45) is 3.04. The number of nitrogens with zero attached hydrogens (tertiary/aromatic N) is 1. The second-order valence-corrected chi connectivity index (χ2v) is 9.51. The molecule has 3 rings (SSSR count). The van der Waals surface area contributed by atoms with Crippen molar-refractivity contribution in [3.05, 3.63) is 68.0 Å². The highest BCUT2D eigenvalue weighted by molar-refractivity contribution is 7.14. The van der Waals surface area contributed by atoms with E-state index in [1.54, 1.807) is 7.11 Å². The number of ether oxygens (including phenoxy) is 2. The molecule has 0 aliphatic heterocycles. The predicted octanol–water partition coefficient (Wildman–Crippen LogP) is 6.83. The number of benzene rings is 2. The Kier molecular flexibility index (Phi) is 9.89. The fourth-order valence-corrected chi connectivity index (χ4v) is 4.71. The number of hydrogen-bond donors (Lipinski definition) is 2. The van der Waals surface area contributed by atoms with E-state index >= 15 is 0 Å². The van der Waals surface area contributed by atoms with Crippen LogP contribution in [0.15, 0.2) is 41.3 Å². The van der Waals surface area contributed by atoms with E-state index < -0.39 is 11.9 Å². The Morgan fingerprint density at radius 2 is 1.92 bits per heavy atom. The van der Waals surface area contributed by atoms with Gasteiger partial charge in [-0.3, -0.25) is 10.1 Å². The van der Waals surface area contributed by atoms with Crippen molar-refractivity contribution >= 4 is 57.6 Å². The molecule has 0 bridgehead atoms. The highest BCUT2D eigenvalue weighted by atomic mass is 35.5. The number of anilines is 1. The van der Waals surface area contributed by atoms with E-state index in [2.05, 4.69) is 17.2 Å². The highest BCUT2D eigenvalue weighted by Gasteiger charge is 2.17. The molecule has 0 saturated heterocycles. The van der Waals surface area contributed by atoms with Gasteiger partial charge >= 0.3 is 5.97 Å². The lowest BCUT2D eigenvalue weighted by Crippen LogP contribution is -2.12. The fourth-order valence-electron chi connectivity index (χ4n) is 3.41. The summed E-state index contributed by atoms with van der Waals surface area (Å²) in [6, 6.07) is 8.73. The van der Waals surface area contributed by atoms with E-state index in [-0.39, 0.29) is 21.2 Å². The van der Waals surface area contributed by atoms with Crippen LogP contribution in [0.1, 0.15) is 41.8 Å². The molecule has 0 spiro atoms. The summed E-state index contributed by atoms with van der Waals surface area (Å²) in [7, 11) is 1.62.